The highest BCUT2D eigenvalue weighted by Gasteiger charge is 1.98. The van der Waals surface area contributed by atoms with Gasteiger partial charge in [0.15, 0.2) is 0 Å². The number of carbonyl (C=O) groups is 1. The van der Waals surface area contributed by atoms with E-state index in [1.54, 1.807) is 0 Å². The fraction of sp³-hybridized carbons (Fsp3) is 0.364. The summed E-state index contributed by atoms with van der Waals surface area (Å²) < 4.78 is 0. The second-order valence-corrected chi connectivity index (χ2v) is 3.27. The summed E-state index contributed by atoms with van der Waals surface area (Å²) in [5.41, 5.74) is 7.36. The number of rotatable bonds is 4. The molecule has 3 heteroatoms. The third kappa shape index (κ3) is 3.47. The normalized spacial score (nSPS) is 9.79. The lowest BCUT2D eigenvalue weighted by atomic mass is 10.2. The van der Waals surface area contributed by atoms with Crippen LogP contribution in [0.25, 0.3) is 0 Å². The molecule has 0 aliphatic heterocycles. The first kappa shape index (κ1) is 10.6. The van der Waals surface area contributed by atoms with Crippen LogP contribution in [0.15, 0.2) is 24.3 Å². The van der Waals surface area contributed by atoms with Gasteiger partial charge in [-0.15, -0.1) is 0 Å². The van der Waals surface area contributed by atoms with Crippen molar-refractivity contribution in [2.24, 2.45) is 0 Å². The average Bonchev–Trinajstić information content (AvgIpc) is 2.17. The van der Waals surface area contributed by atoms with Crippen molar-refractivity contribution in [1.82, 2.24) is 5.32 Å². The Morgan fingerprint density at radius 1 is 1.36 bits per heavy atom. The molecule has 3 N–H and O–H groups in total. The zero-order valence-electron chi connectivity index (χ0n) is 8.42. The molecule has 0 fully saturated rings. The predicted molar refractivity (Wildman–Crippen MR) is 57.6 cm³/mol. The molecule has 1 aromatic rings. The second-order valence-electron chi connectivity index (χ2n) is 3.27. The first-order valence-corrected chi connectivity index (χ1v) is 4.83. The number of hydrogen-bond donors (Lipinski definition) is 2. The van der Waals surface area contributed by atoms with Gasteiger partial charge in [0.05, 0.1) is 0 Å². The van der Waals surface area contributed by atoms with Gasteiger partial charge >= 0.3 is 0 Å². The molecule has 0 atom stereocenters. The van der Waals surface area contributed by atoms with E-state index >= 15 is 0 Å². The van der Waals surface area contributed by atoms with E-state index in [-0.39, 0.29) is 5.91 Å². The Labute approximate surface area is 84.3 Å². The van der Waals surface area contributed by atoms with Crippen molar-refractivity contribution in [2.75, 3.05) is 5.73 Å². The maximum absolute atomic E-state index is 11.1. The molecule has 76 valence electrons. The zero-order chi connectivity index (χ0) is 10.4. The summed E-state index contributed by atoms with van der Waals surface area (Å²) in [5, 5.41) is 2.84. The first-order chi connectivity index (χ1) is 6.72. The van der Waals surface area contributed by atoms with Gasteiger partial charge in [-0.05, 0) is 24.1 Å². The van der Waals surface area contributed by atoms with Gasteiger partial charge in [-0.2, -0.15) is 0 Å². The number of benzene rings is 1. The number of nitrogen functional groups attached to an aromatic ring is 1. The minimum absolute atomic E-state index is 0.101. The molecule has 0 aromatic heterocycles. The summed E-state index contributed by atoms with van der Waals surface area (Å²) in [6, 6.07) is 7.51. The number of carbonyl (C=O) groups excluding carboxylic acids is 1. The Morgan fingerprint density at radius 2 is 2.00 bits per heavy atom. The molecular weight excluding hydrogens is 176 g/mol. The van der Waals surface area contributed by atoms with Crippen LogP contribution in [0.4, 0.5) is 5.69 Å². The molecule has 0 aliphatic rings. The van der Waals surface area contributed by atoms with Crippen LogP contribution in [0.2, 0.25) is 0 Å². The quantitative estimate of drug-likeness (QED) is 0.713. The number of hydrogen-bond acceptors (Lipinski definition) is 2. The molecule has 1 aromatic carbocycles. The van der Waals surface area contributed by atoms with E-state index in [9.17, 15) is 4.79 Å². The average molecular weight is 192 g/mol. The molecule has 1 amide bonds. The maximum atomic E-state index is 11.1. The molecule has 0 radical (unpaired) electrons. The molecule has 0 spiro atoms. The van der Waals surface area contributed by atoms with Crippen molar-refractivity contribution in [2.45, 2.75) is 26.3 Å². The number of anilines is 1. The lowest BCUT2D eigenvalue weighted by Crippen LogP contribution is -2.21. The van der Waals surface area contributed by atoms with Gasteiger partial charge in [0.2, 0.25) is 5.91 Å². The van der Waals surface area contributed by atoms with Gasteiger partial charge in [-0.3, -0.25) is 4.79 Å². The Bertz CT molecular complexity index is 293. The summed E-state index contributed by atoms with van der Waals surface area (Å²) in [6.45, 7) is 2.57. The van der Waals surface area contributed by atoms with Crippen LogP contribution in [-0.4, -0.2) is 5.91 Å². The van der Waals surface area contributed by atoms with E-state index in [0.717, 1.165) is 17.7 Å². The topological polar surface area (TPSA) is 55.1 Å². The highest BCUT2D eigenvalue weighted by atomic mass is 16.1. The van der Waals surface area contributed by atoms with Gasteiger partial charge in [-0.1, -0.05) is 19.1 Å². The van der Waals surface area contributed by atoms with Crippen LogP contribution in [0.5, 0.6) is 0 Å². The van der Waals surface area contributed by atoms with Crippen LogP contribution >= 0.6 is 0 Å². The van der Waals surface area contributed by atoms with Crippen molar-refractivity contribution >= 4 is 11.6 Å². The van der Waals surface area contributed by atoms with E-state index in [2.05, 4.69) is 5.32 Å². The van der Waals surface area contributed by atoms with Gasteiger partial charge in [0.1, 0.15) is 0 Å². The highest BCUT2D eigenvalue weighted by Crippen LogP contribution is 2.04. The third-order valence-corrected chi connectivity index (χ3v) is 1.95. The Hall–Kier alpha value is -1.51. The number of nitrogens with two attached hydrogens (primary N) is 1. The Balaban J connectivity index is 2.38. The fourth-order valence-electron chi connectivity index (χ4n) is 1.15. The fourth-order valence-corrected chi connectivity index (χ4v) is 1.15. The van der Waals surface area contributed by atoms with E-state index in [0.29, 0.717) is 13.0 Å². The van der Waals surface area contributed by atoms with Crippen molar-refractivity contribution < 1.29 is 4.79 Å². The van der Waals surface area contributed by atoms with Gasteiger partial charge in [0, 0.05) is 18.7 Å². The molecule has 3 nitrogen and oxygen atoms in total. The van der Waals surface area contributed by atoms with Gasteiger partial charge in [-0.25, -0.2) is 0 Å². The van der Waals surface area contributed by atoms with E-state index < -0.39 is 0 Å². The van der Waals surface area contributed by atoms with Crippen LogP contribution in [0.3, 0.4) is 0 Å². The third-order valence-electron chi connectivity index (χ3n) is 1.95. The van der Waals surface area contributed by atoms with Crippen LogP contribution in [0.1, 0.15) is 25.3 Å². The summed E-state index contributed by atoms with van der Waals surface area (Å²) in [5.74, 6) is 0.101. The smallest absolute Gasteiger partial charge is 0.220 e. The minimum Gasteiger partial charge on any atom is -0.399 e. The SMILES string of the molecule is CCCC(=O)NCc1ccc(N)cc1. The van der Waals surface area contributed by atoms with Gasteiger partial charge < -0.3 is 11.1 Å². The number of nitrogens with one attached hydrogen (secondary N) is 1. The van der Waals surface area contributed by atoms with Crippen molar-refractivity contribution in [3.63, 3.8) is 0 Å². The Morgan fingerprint density at radius 3 is 2.57 bits per heavy atom. The molecule has 0 aliphatic carbocycles. The van der Waals surface area contributed by atoms with Crippen molar-refractivity contribution in [3.8, 4) is 0 Å². The lowest BCUT2D eigenvalue weighted by molar-refractivity contribution is -0.121. The van der Waals surface area contributed by atoms with Crippen molar-refractivity contribution in [3.05, 3.63) is 29.8 Å². The molecule has 0 saturated heterocycles. The van der Waals surface area contributed by atoms with Crippen LogP contribution in [-0.2, 0) is 11.3 Å². The molecule has 0 bridgehead atoms. The summed E-state index contributed by atoms with van der Waals surface area (Å²) >= 11 is 0. The summed E-state index contributed by atoms with van der Waals surface area (Å²) in [4.78, 5) is 11.1. The Kier molecular flexibility index (Phi) is 3.98. The van der Waals surface area contributed by atoms with Crippen LogP contribution in [0, 0.1) is 0 Å². The van der Waals surface area contributed by atoms with E-state index in [4.69, 9.17) is 5.73 Å². The summed E-state index contributed by atoms with van der Waals surface area (Å²) in [7, 11) is 0. The van der Waals surface area contributed by atoms with Crippen molar-refractivity contribution in [1.29, 1.82) is 0 Å². The monoisotopic (exact) mass is 192 g/mol. The highest BCUT2D eigenvalue weighted by molar-refractivity contribution is 5.75. The molecule has 0 unspecified atom stereocenters. The first-order valence-electron chi connectivity index (χ1n) is 4.83. The van der Waals surface area contributed by atoms with Gasteiger partial charge in [0.25, 0.3) is 0 Å². The van der Waals surface area contributed by atoms with E-state index in [1.165, 1.54) is 0 Å². The largest absolute Gasteiger partial charge is 0.399 e. The zero-order valence-corrected chi connectivity index (χ0v) is 8.42. The second kappa shape index (κ2) is 5.27. The predicted octanol–water partition coefficient (Wildman–Crippen LogP) is 1.69. The minimum atomic E-state index is 0.101. The molecule has 14 heavy (non-hydrogen) atoms. The maximum Gasteiger partial charge on any atom is 0.220 e. The molecule has 0 heterocycles. The molecular formula is C11H16N2O. The number of amides is 1. The lowest BCUT2D eigenvalue weighted by Gasteiger charge is -2.04. The molecule has 1 rings (SSSR count). The van der Waals surface area contributed by atoms with E-state index in [1.807, 2.05) is 31.2 Å². The standard InChI is InChI=1S/C11H16N2O/c1-2-3-11(14)13-8-9-4-6-10(12)7-5-9/h4-7H,2-3,8,12H2,1H3,(H,13,14). The molecule has 0 saturated carbocycles. The van der Waals surface area contributed by atoms with Crippen LogP contribution < -0.4 is 11.1 Å². The summed E-state index contributed by atoms with van der Waals surface area (Å²) in [6.07, 6.45) is 1.47.